The van der Waals surface area contributed by atoms with Crippen LogP contribution >= 0.6 is 11.6 Å². The van der Waals surface area contributed by atoms with Crippen LogP contribution in [0.15, 0.2) is 42.6 Å². The van der Waals surface area contributed by atoms with Crippen LogP contribution in [0.4, 0.5) is 5.82 Å². The second-order valence-electron chi connectivity index (χ2n) is 5.37. The van der Waals surface area contributed by atoms with E-state index in [1.165, 1.54) is 0 Å². The van der Waals surface area contributed by atoms with Crippen LogP contribution in [0.5, 0.6) is 0 Å². The molecule has 1 N–H and O–H groups in total. The number of aromatic nitrogens is 3. The van der Waals surface area contributed by atoms with E-state index in [-0.39, 0.29) is 0 Å². The van der Waals surface area contributed by atoms with Gasteiger partial charge in [0.25, 0.3) is 0 Å². The number of halogens is 1. The van der Waals surface area contributed by atoms with Crippen molar-refractivity contribution >= 4 is 23.1 Å². The summed E-state index contributed by atoms with van der Waals surface area (Å²) >= 11 is 6.08. The first-order chi connectivity index (χ1) is 10.6. The highest BCUT2D eigenvalue weighted by atomic mass is 35.5. The predicted octanol–water partition coefficient (Wildman–Crippen LogP) is 3.02. The Bertz CT molecular complexity index is 781. The number of fused-ring (bicyclic) bond motifs is 1. The Hall–Kier alpha value is -2.11. The van der Waals surface area contributed by atoms with Crippen molar-refractivity contribution in [1.29, 1.82) is 0 Å². The standard InChI is InChI=1S/C16H18ClN5/c1-21(2)9-8-18-15-6-7-16-19-11-14(22(16)20-15)12-4-3-5-13(17)10-12/h3-7,10-11H,8-9H2,1-2H3,(H,18,20). The zero-order valence-corrected chi connectivity index (χ0v) is 13.4. The summed E-state index contributed by atoms with van der Waals surface area (Å²) in [6.45, 7) is 1.79. The molecule has 0 aliphatic rings. The maximum Gasteiger partial charge on any atom is 0.154 e. The molecule has 0 saturated heterocycles. The average molecular weight is 316 g/mol. The van der Waals surface area contributed by atoms with Gasteiger partial charge in [-0.05, 0) is 38.4 Å². The molecule has 114 valence electrons. The van der Waals surface area contributed by atoms with E-state index in [9.17, 15) is 0 Å². The minimum absolute atomic E-state index is 0.702. The molecule has 3 aromatic rings. The number of rotatable bonds is 5. The zero-order valence-electron chi connectivity index (χ0n) is 12.6. The van der Waals surface area contributed by atoms with Gasteiger partial charge in [0, 0.05) is 23.7 Å². The van der Waals surface area contributed by atoms with Crippen molar-refractivity contribution in [2.45, 2.75) is 0 Å². The minimum Gasteiger partial charge on any atom is -0.367 e. The van der Waals surface area contributed by atoms with E-state index >= 15 is 0 Å². The van der Waals surface area contributed by atoms with Crippen LogP contribution in [0, 0.1) is 0 Å². The third kappa shape index (κ3) is 3.21. The van der Waals surface area contributed by atoms with Crippen molar-refractivity contribution in [3.8, 4) is 11.3 Å². The highest BCUT2D eigenvalue weighted by Crippen LogP contribution is 2.23. The Morgan fingerprint density at radius 2 is 2.09 bits per heavy atom. The van der Waals surface area contributed by atoms with E-state index in [1.54, 1.807) is 0 Å². The number of nitrogens with zero attached hydrogens (tertiary/aromatic N) is 4. The molecule has 0 spiro atoms. The molecule has 0 aliphatic carbocycles. The molecule has 1 aromatic carbocycles. The number of nitrogens with one attached hydrogen (secondary N) is 1. The number of anilines is 1. The van der Waals surface area contributed by atoms with E-state index in [4.69, 9.17) is 11.6 Å². The highest BCUT2D eigenvalue weighted by Gasteiger charge is 2.08. The van der Waals surface area contributed by atoms with E-state index in [0.29, 0.717) is 5.02 Å². The monoisotopic (exact) mass is 315 g/mol. The Labute approximate surface area is 134 Å². The highest BCUT2D eigenvalue weighted by molar-refractivity contribution is 6.30. The summed E-state index contributed by atoms with van der Waals surface area (Å²) < 4.78 is 1.84. The Balaban J connectivity index is 1.92. The summed E-state index contributed by atoms with van der Waals surface area (Å²) in [4.78, 5) is 6.52. The van der Waals surface area contributed by atoms with E-state index in [0.717, 1.165) is 35.8 Å². The lowest BCUT2D eigenvalue weighted by Crippen LogP contribution is -2.21. The predicted molar refractivity (Wildman–Crippen MR) is 90.5 cm³/mol. The normalized spacial score (nSPS) is 11.3. The number of hydrogen-bond acceptors (Lipinski definition) is 4. The van der Waals surface area contributed by atoms with Gasteiger partial charge in [0.15, 0.2) is 5.65 Å². The zero-order chi connectivity index (χ0) is 15.5. The molecule has 5 nitrogen and oxygen atoms in total. The Morgan fingerprint density at radius 3 is 2.86 bits per heavy atom. The van der Waals surface area contributed by atoms with Gasteiger partial charge in [0.1, 0.15) is 5.82 Å². The fourth-order valence-corrected chi connectivity index (χ4v) is 2.41. The van der Waals surface area contributed by atoms with Crippen molar-refractivity contribution in [2.24, 2.45) is 0 Å². The van der Waals surface area contributed by atoms with Crippen LogP contribution in [0.1, 0.15) is 0 Å². The van der Waals surface area contributed by atoms with Gasteiger partial charge in [-0.15, -0.1) is 5.10 Å². The lowest BCUT2D eigenvalue weighted by molar-refractivity contribution is 0.425. The fraction of sp³-hybridized carbons (Fsp3) is 0.250. The maximum absolute atomic E-state index is 6.08. The smallest absolute Gasteiger partial charge is 0.154 e. The summed E-state index contributed by atoms with van der Waals surface area (Å²) in [6, 6.07) is 11.6. The van der Waals surface area contributed by atoms with Crippen LogP contribution < -0.4 is 5.32 Å². The van der Waals surface area contributed by atoms with E-state index in [2.05, 4.69) is 20.3 Å². The number of likely N-dealkylation sites (N-methyl/N-ethyl adjacent to an activating group) is 1. The first kappa shape index (κ1) is 14.8. The van der Waals surface area contributed by atoms with Crippen molar-refractivity contribution in [1.82, 2.24) is 19.5 Å². The van der Waals surface area contributed by atoms with Crippen LogP contribution in [0.25, 0.3) is 16.9 Å². The fourth-order valence-electron chi connectivity index (χ4n) is 2.22. The molecule has 0 amide bonds. The van der Waals surface area contributed by atoms with Gasteiger partial charge in [0.2, 0.25) is 0 Å². The van der Waals surface area contributed by atoms with Gasteiger partial charge < -0.3 is 10.2 Å². The van der Waals surface area contributed by atoms with Crippen LogP contribution in [-0.4, -0.2) is 46.7 Å². The van der Waals surface area contributed by atoms with Gasteiger partial charge in [-0.1, -0.05) is 23.7 Å². The molecule has 0 radical (unpaired) electrons. The van der Waals surface area contributed by atoms with Gasteiger partial charge in [-0.3, -0.25) is 0 Å². The molecule has 0 atom stereocenters. The summed E-state index contributed by atoms with van der Waals surface area (Å²) in [5.74, 6) is 0.829. The molecular formula is C16H18ClN5. The van der Waals surface area contributed by atoms with Gasteiger partial charge in [-0.25, -0.2) is 9.50 Å². The molecular weight excluding hydrogens is 298 g/mol. The van der Waals surface area contributed by atoms with Gasteiger partial charge in [-0.2, -0.15) is 0 Å². The SMILES string of the molecule is CN(C)CCNc1ccc2ncc(-c3cccc(Cl)c3)n2n1. The lowest BCUT2D eigenvalue weighted by Gasteiger charge is -2.11. The molecule has 3 rings (SSSR count). The topological polar surface area (TPSA) is 45.5 Å². The quantitative estimate of drug-likeness (QED) is 0.786. The number of imidazole rings is 1. The molecule has 2 heterocycles. The van der Waals surface area contributed by atoms with Crippen molar-refractivity contribution < 1.29 is 0 Å². The summed E-state index contributed by atoms with van der Waals surface area (Å²) in [6.07, 6.45) is 1.82. The number of hydrogen-bond donors (Lipinski definition) is 1. The summed E-state index contributed by atoms with van der Waals surface area (Å²) in [5, 5.41) is 8.64. The third-order valence-corrected chi connectivity index (χ3v) is 3.58. The van der Waals surface area contributed by atoms with E-state index < -0.39 is 0 Å². The lowest BCUT2D eigenvalue weighted by atomic mass is 10.2. The van der Waals surface area contributed by atoms with Crippen molar-refractivity contribution in [2.75, 3.05) is 32.5 Å². The minimum atomic E-state index is 0.702. The van der Waals surface area contributed by atoms with Crippen LogP contribution in [0.2, 0.25) is 5.02 Å². The molecule has 0 bridgehead atoms. The molecule has 0 saturated carbocycles. The van der Waals surface area contributed by atoms with Gasteiger partial charge in [0.05, 0.1) is 11.9 Å². The first-order valence-electron chi connectivity index (χ1n) is 7.13. The molecule has 2 aromatic heterocycles. The van der Waals surface area contributed by atoms with Crippen LogP contribution in [-0.2, 0) is 0 Å². The molecule has 6 heteroatoms. The maximum atomic E-state index is 6.08. The van der Waals surface area contributed by atoms with Gasteiger partial charge >= 0.3 is 0 Å². The largest absolute Gasteiger partial charge is 0.367 e. The Morgan fingerprint density at radius 1 is 1.23 bits per heavy atom. The van der Waals surface area contributed by atoms with Crippen molar-refractivity contribution in [3.05, 3.63) is 47.6 Å². The molecule has 22 heavy (non-hydrogen) atoms. The summed E-state index contributed by atoms with van der Waals surface area (Å²) in [7, 11) is 4.09. The molecule has 0 aliphatic heterocycles. The van der Waals surface area contributed by atoms with Crippen molar-refractivity contribution in [3.63, 3.8) is 0 Å². The van der Waals surface area contributed by atoms with E-state index in [1.807, 2.05) is 61.2 Å². The second-order valence-corrected chi connectivity index (χ2v) is 5.81. The molecule has 0 unspecified atom stereocenters. The van der Waals surface area contributed by atoms with Crippen LogP contribution in [0.3, 0.4) is 0 Å². The summed E-state index contributed by atoms with van der Waals surface area (Å²) in [5.41, 5.74) is 2.74. The second kappa shape index (κ2) is 6.34. The number of benzene rings is 1. The average Bonchev–Trinajstić information content (AvgIpc) is 2.90. The Kier molecular flexibility index (Phi) is 4.27. The first-order valence-corrected chi connectivity index (χ1v) is 7.50. The third-order valence-electron chi connectivity index (χ3n) is 3.35. The molecule has 0 fully saturated rings.